The normalized spacial score (nSPS) is 12.8. The zero-order chi connectivity index (χ0) is 33.7. The van der Waals surface area contributed by atoms with Gasteiger partial charge in [0.05, 0.1) is 5.69 Å². The molecule has 0 radical (unpaired) electrons. The predicted molar refractivity (Wildman–Crippen MR) is 213 cm³/mol. The molecule has 238 valence electrons. The zero-order valence-corrected chi connectivity index (χ0v) is 28.3. The van der Waals surface area contributed by atoms with E-state index in [1.807, 2.05) is 0 Å². The average Bonchev–Trinajstić information content (AvgIpc) is 3.42. The molecule has 0 atom stereocenters. The van der Waals surface area contributed by atoms with Gasteiger partial charge in [-0.1, -0.05) is 172 Å². The maximum atomic E-state index is 2.47. The summed E-state index contributed by atoms with van der Waals surface area (Å²) in [4.78, 5) is 2.46. The van der Waals surface area contributed by atoms with Crippen molar-refractivity contribution in [1.82, 2.24) is 0 Å². The van der Waals surface area contributed by atoms with Crippen LogP contribution in [-0.2, 0) is 5.41 Å². The fraction of sp³-hybridized carbons (Fsp3) is 0.0612. The Hall–Kier alpha value is -6.18. The van der Waals surface area contributed by atoms with Gasteiger partial charge in [0.2, 0.25) is 0 Å². The van der Waals surface area contributed by atoms with Crippen LogP contribution in [0.5, 0.6) is 0 Å². The highest BCUT2D eigenvalue weighted by molar-refractivity contribution is 6.13. The van der Waals surface area contributed by atoms with Gasteiger partial charge in [-0.15, -0.1) is 0 Å². The molecule has 1 heteroatoms. The van der Waals surface area contributed by atoms with Gasteiger partial charge in [0, 0.05) is 22.2 Å². The maximum absolute atomic E-state index is 2.47. The summed E-state index contributed by atoms with van der Waals surface area (Å²) in [6, 6.07) is 68.5. The molecule has 9 rings (SSSR count). The molecular formula is C49H37N. The van der Waals surface area contributed by atoms with Gasteiger partial charge in [0.1, 0.15) is 0 Å². The first-order valence-corrected chi connectivity index (χ1v) is 17.4. The Balaban J connectivity index is 1.34. The van der Waals surface area contributed by atoms with Crippen molar-refractivity contribution in [3.05, 3.63) is 199 Å². The number of rotatable bonds is 6. The van der Waals surface area contributed by atoms with Crippen LogP contribution in [0, 0.1) is 0 Å². The second kappa shape index (κ2) is 12.1. The molecule has 50 heavy (non-hydrogen) atoms. The van der Waals surface area contributed by atoms with Gasteiger partial charge < -0.3 is 4.90 Å². The Kier molecular flexibility index (Phi) is 7.21. The minimum absolute atomic E-state index is 0.141. The van der Waals surface area contributed by atoms with E-state index < -0.39 is 0 Å². The second-order valence-electron chi connectivity index (χ2n) is 13.7. The van der Waals surface area contributed by atoms with Gasteiger partial charge in [0.25, 0.3) is 0 Å². The Morgan fingerprint density at radius 1 is 0.380 bits per heavy atom. The molecule has 1 aliphatic carbocycles. The fourth-order valence-electron chi connectivity index (χ4n) is 8.08. The van der Waals surface area contributed by atoms with Gasteiger partial charge in [-0.2, -0.15) is 0 Å². The minimum Gasteiger partial charge on any atom is -0.310 e. The summed E-state index contributed by atoms with van der Waals surface area (Å²) in [6.45, 7) is 4.77. The lowest BCUT2D eigenvalue weighted by atomic mass is 9.79. The highest BCUT2D eigenvalue weighted by atomic mass is 15.1. The van der Waals surface area contributed by atoms with Crippen LogP contribution < -0.4 is 4.90 Å². The van der Waals surface area contributed by atoms with E-state index in [4.69, 9.17) is 0 Å². The lowest BCUT2D eigenvalue weighted by Gasteiger charge is -2.31. The van der Waals surface area contributed by atoms with E-state index in [1.165, 1.54) is 72.1 Å². The van der Waals surface area contributed by atoms with Crippen molar-refractivity contribution in [3.63, 3.8) is 0 Å². The largest absolute Gasteiger partial charge is 0.310 e. The first kappa shape index (κ1) is 29.9. The first-order chi connectivity index (χ1) is 24.6. The molecule has 0 spiro atoms. The number of hydrogen-bond acceptors (Lipinski definition) is 1. The van der Waals surface area contributed by atoms with Crippen molar-refractivity contribution < 1.29 is 0 Å². The SMILES string of the molecule is CC1(C)c2ccccc2-c2cc(N(c3ccc(-c4ccccc4)cc3)c3ccc(-c4ccccc4)cc3)c3c(-c4ccccc4)cccc3c21. The molecule has 8 aromatic rings. The second-order valence-corrected chi connectivity index (χ2v) is 13.7. The van der Waals surface area contributed by atoms with E-state index in [9.17, 15) is 0 Å². The number of benzene rings is 8. The maximum Gasteiger partial charge on any atom is 0.0552 e. The van der Waals surface area contributed by atoms with Crippen LogP contribution >= 0.6 is 0 Å². The van der Waals surface area contributed by atoms with E-state index in [0.717, 1.165) is 11.4 Å². The van der Waals surface area contributed by atoms with Crippen molar-refractivity contribution >= 4 is 27.8 Å². The molecule has 0 heterocycles. The summed E-state index contributed by atoms with van der Waals surface area (Å²) >= 11 is 0. The molecule has 0 amide bonds. The topological polar surface area (TPSA) is 3.24 Å². The third-order valence-corrected chi connectivity index (χ3v) is 10.4. The third kappa shape index (κ3) is 4.94. The molecule has 0 aromatic heterocycles. The van der Waals surface area contributed by atoms with E-state index in [2.05, 4.69) is 207 Å². The van der Waals surface area contributed by atoms with E-state index >= 15 is 0 Å². The van der Waals surface area contributed by atoms with Crippen molar-refractivity contribution in [3.8, 4) is 44.5 Å². The number of nitrogens with zero attached hydrogens (tertiary/aromatic N) is 1. The molecule has 0 saturated heterocycles. The Bertz CT molecular complexity index is 2380. The van der Waals surface area contributed by atoms with Gasteiger partial charge >= 0.3 is 0 Å². The standard InChI is InChI=1S/C49H37N/c1-49(2)45-24-13-12-21-42(45)44-33-46(47-41(38-19-10-5-11-20-38)22-14-23-43(47)48(44)49)50(39-29-25-36(26-30-39)34-15-6-3-7-16-34)40-31-27-37(28-32-40)35-17-8-4-9-18-35/h3-33H,1-2H3. The van der Waals surface area contributed by atoms with Crippen LogP contribution in [0.25, 0.3) is 55.3 Å². The lowest BCUT2D eigenvalue weighted by Crippen LogP contribution is -2.16. The molecular weight excluding hydrogens is 603 g/mol. The quantitative estimate of drug-likeness (QED) is 0.175. The molecule has 0 aliphatic heterocycles. The van der Waals surface area contributed by atoms with Crippen LogP contribution in [0.15, 0.2) is 188 Å². The number of hydrogen-bond donors (Lipinski definition) is 0. The molecule has 0 fully saturated rings. The van der Waals surface area contributed by atoms with E-state index in [0.29, 0.717) is 0 Å². The first-order valence-electron chi connectivity index (χ1n) is 17.4. The molecule has 0 N–H and O–H groups in total. The summed E-state index contributed by atoms with van der Waals surface area (Å²) in [7, 11) is 0. The smallest absolute Gasteiger partial charge is 0.0552 e. The van der Waals surface area contributed by atoms with Crippen LogP contribution in [0.2, 0.25) is 0 Å². The van der Waals surface area contributed by atoms with Gasteiger partial charge in [-0.3, -0.25) is 0 Å². The molecule has 0 bridgehead atoms. The molecule has 0 unspecified atom stereocenters. The summed E-state index contributed by atoms with van der Waals surface area (Å²) < 4.78 is 0. The van der Waals surface area contributed by atoms with Crippen molar-refractivity contribution in [2.75, 3.05) is 4.90 Å². The Morgan fingerprint density at radius 3 is 1.40 bits per heavy atom. The molecule has 8 aromatic carbocycles. The van der Waals surface area contributed by atoms with Crippen molar-refractivity contribution in [2.24, 2.45) is 0 Å². The number of fused-ring (bicyclic) bond motifs is 5. The Labute approximate surface area is 294 Å². The highest BCUT2D eigenvalue weighted by Gasteiger charge is 2.38. The van der Waals surface area contributed by atoms with Crippen molar-refractivity contribution in [2.45, 2.75) is 19.3 Å². The van der Waals surface area contributed by atoms with Crippen LogP contribution in [0.3, 0.4) is 0 Å². The third-order valence-electron chi connectivity index (χ3n) is 10.4. The van der Waals surface area contributed by atoms with E-state index in [-0.39, 0.29) is 5.41 Å². The zero-order valence-electron chi connectivity index (χ0n) is 28.3. The van der Waals surface area contributed by atoms with Crippen LogP contribution in [0.4, 0.5) is 17.1 Å². The van der Waals surface area contributed by atoms with Gasteiger partial charge in [0.15, 0.2) is 0 Å². The van der Waals surface area contributed by atoms with E-state index in [1.54, 1.807) is 0 Å². The summed E-state index contributed by atoms with van der Waals surface area (Å²) in [6.07, 6.45) is 0. The van der Waals surface area contributed by atoms with Gasteiger partial charge in [-0.05, 0) is 91.4 Å². The highest BCUT2D eigenvalue weighted by Crippen LogP contribution is 2.55. The van der Waals surface area contributed by atoms with Crippen LogP contribution in [0.1, 0.15) is 25.0 Å². The molecule has 1 aliphatic rings. The monoisotopic (exact) mass is 639 g/mol. The summed E-state index contributed by atoms with van der Waals surface area (Å²) in [5.74, 6) is 0. The van der Waals surface area contributed by atoms with Gasteiger partial charge in [-0.25, -0.2) is 0 Å². The number of anilines is 3. The summed E-state index contributed by atoms with van der Waals surface area (Å²) in [5, 5.41) is 2.56. The summed E-state index contributed by atoms with van der Waals surface area (Å²) in [5.41, 5.74) is 16.0. The Morgan fingerprint density at radius 2 is 0.840 bits per heavy atom. The minimum atomic E-state index is -0.141. The fourth-order valence-corrected chi connectivity index (χ4v) is 8.08. The molecule has 0 saturated carbocycles. The predicted octanol–water partition coefficient (Wildman–Crippen LogP) is 13.6. The molecule has 1 nitrogen and oxygen atoms in total. The average molecular weight is 640 g/mol. The van der Waals surface area contributed by atoms with Crippen molar-refractivity contribution in [1.29, 1.82) is 0 Å². The van der Waals surface area contributed by atoms with Crippen LogP contribution in [-0.4, -0.2) is 0 Å². The lowest BCUT2D eigenvalue weighted by molar-refractivity contribution is 0.666.